The molecule has 34 heavy (non-hydrogen) atoms. The summed E-state index contributed by atoms with van der Waals surface area (Å²) < 4.78 is 39.1. The van der Waals surface area contributed by atoms with E-state index in [-0.39, 0.29) is 22.7 Å². The van der Waals surface area contributed by atoms with Crippen LogP contribution in [0.25, 0.3) is 5.69 Å². The molecule has 1 saturated heterocycles. The quantitative estimate of drug-likeness (QED) is 0.560. The third-order valence-electron chi connectivity index (χ3n) is 6.46. The normalized spacial score (nSPS) is 16.6. The maximum Gasteiger partial charge on any atom is 0.253 e. The van der Waals surface area contributed by atoms with E-state index in [9.17, 15) is 13.2 Å². The van der Waals surface area contributed by atoms with Crippen LogP contribution in [0, 0.1) is 0 Å². The lowest BCUT2D eigenvalue weighted by Crippen LogP contribution is -2.50. The van der Waals surface area contributed by atoms with Crippen LogP contribution < -0.4 is 9.47 Å². The maximum absolute atomic E-state index is 13.3. The molecule has 0 atom stereocenters. The van der Waals surface area contributed by atoms with Crippen molar-refractivity contribution < 1.29 is 22.7 Å². The maximum atomic E-state index is 13.3. The van der Waals surface area contributed by atoms with Gasteiger partial charge in [0.25, 0.3) is 5.91 Å². The van der Waals surface area contributed by atoms with Crippen LogP contribution in [0.2, 0.25) is 0 Å². The number of carbonyl (C=O) groups is 1. The number of amides is 1. The number of ether oxygens (including phenoxy) is 2. The van der Waals surface area contributed by atoms with Gasteiger partial charge in [-0.3, -0.25) is 4.79 Å². The number of rotatable bonds is 4. The fraction of sp³-hybridized carbons (Fsp3) is 0.346. The van der Waals surface area contributed by atoms with E-state index in [2.05, 4.69) is 10.6 Å². The van der Waals surface area contributed by atoms with E-state index in [0.717, 1.165) is 23.4 Å². The smallest absolute Gasteiger partial charge is 0.253 e. The number of carbonyl (C=O) groups excluding carboxylic acids is 1. The molecule has 1 spiro atoms. The molecule has 0 aliphatic carbocycles. The van der Waals surface area contributed by atoms with Gasteiger partial charge in [-0.25, -0.2) is 8.42 Å². The minimum absolute atomic E-state index is 0.0329. The number of aromatic nitrogens is 1. The van der Waals surface area contributed by atoms with Crippen LogP contribution in [-0.2, 0) is 15.4 Å². The lowest BCUT2D eigenvalue weighted by molar-refractivity contribution is -0.00931. The van der Waals surface area contributed by atoms with Crippen molar-refractivity contribution in [3.8, 4) is 17.2 Å². The number of fused-ring (bicyclic) bond motifs is 4. The average molecular weight is 481 g/mol. The molecule has 0 unspecified atom stereocenters. The third-order valence-corrected chi connectivity index (χ3v) is 7.57. The Morgan fingerprint density at radius 2 is 1.79 bits per heavy atom. The van der Waals surface area contributed by atoms with Crippen LogP contribution in [0.3, 0.4) is 0 Å². The van der Waals surface area contributed by atoms with Gasteiger partial charge in [-0.2, -0.15) is 0 Å². The molecule has 2 aliphatic heterocycles. The molecule has 7 nitrogen and oxygen atoms in total. The predicted octanol–water partition coefficient (Wildman–Crippen LogP) is 4.19. The minimum Gasteiger partial charge on any atom is -0.490 e. The van der Waals surface area contributed by atoms with Gasteiger partial charge in [0.2, 0.25) is 0 Å². The number of para-hydroxylation sites is 2. The molecule has 8 heteroatoms. The lowest BCUT2D eigenvalue weighted by Gasteiger charge is -2.45. The molecule has 1 fully saturated rings. The summed E-state index contributed by atoms with van der Waals surface area (Å²) in [6.07, 6.45) is 4.28. The zero-order valence-corrected chi connectivity index (χ0v) is 20.3. The number of sulfone groups is 1. The first kappa shape index (κ1) is 22.5. The highest BCUT2D eigenvalue weighted by molar-refractivity contribution is 7.90. The molecule has 3 heterocycles. The lowest BCUT2D eigenvalue weighted by atomic mass is 9.86. The second kappa shape index (κ2) is 8.20. The highest BCUT2D eigenvalue weighted by atomic mass is 32.2. The van der Waals surface area contributed by atoms with Crippen molar-refractivity contribution in [2.45, 2.75) is 43.3 Å². The third kappa shape index (κ3) is 3.86. The molecule has 2 aromatic carbocycles. The topological polar surface area (TPSA) is 77.8 Å². The van der Waals surface area contributed by atoms with E-state index in [1.54, 1.807) is 17.0 Å². The van der Waals surface area contributed by atoms with Crippen molar-refractivity contribution in [2.24, 2.45) is 0 Å². The van der Waals surface area contributed by atoms with Gasteiger partial charge >= 0.3 is 0 Å². The van der Waals surface area contributed by atoms with Gasteiger partial charge in [0, 0.05) is 43.9 Å². The summed E-state index contributed by atoms with van der Waals surface area (Å²) in [6, 6.07) is 16.7. The van der Waals surface area contributed by atoms with Gasteiger partial charge in [0.15, 0.2) is 15.4 Å². The van der Waals surface area contributed by atoms with Crippen molar-refractivity contribution in [1.29, 1.82) is 0 Å². The van der Waals surface area contributed by atoms with Gasteiger partial charge in [-0.05, 0) is 56.3 Å². The molecular formula is C26H28N2O5S. The average Bonchev–Trinajstić information content (AvgIpc) is 3.30. The van der Waals surface area contributed by atoms with Crippen molar-refractivity contribution in [1.82, 2.24) is 9.47 Å². The molecule has 5 rings (SSSR count). The SMILES string of the molecule is CC(C)Oc1ccc(C(=O)N2CCC3(CC2)Oc2ccccc2-n2cccc23)cc1S(C)(=O)=O. The summed E-state index contributed by atoms with van der Waals surface area (Å²) in [6.45, 7) is 4.67. The number of nitrogens with zero attached hydrogens (tertiary/aromatic N) is 2. The standard InChI is InChI=1S/C26H28N2O5S/c1-18(2)32-22-11-10-19(17-23(22)34(3,30)31)25(29)27-15-12-26(13-16-27)24-9-6-14-28(24)20-7-4-5-8-21(20)33-26/h4-11,14,17-18H,12-13,15-16H2,1-3H3. The Balaban J connectivity index is 1.39. The highest BCUT2D eigenvalue weighted by Gasteiger charge is 2.44. The molecule has 0 bridgehead atoms. The molecule has 0 radical (unpaired) electrons. The number of piperidine rings is 1. The van der Waals surface area contributed by atoms with Crippen molar-refractivity contribution in [2.75, 3.05) is 19.3 Å². The summed E-state index contributed by atoms with van der Waals surface area (Å²) >= 11 is 0. The van der Waals surface area contributed by atoms with Crippen LogP contribution in [-0.4, -0.2) is 49.2 Å². The first-order valence-electron chi connectivity index (χ1n) is 11.4. The van der Waals surface area contributed by atoms with Crippen molar-refractivity contribution in [3.05, 3.63) is 72.1 Å². The zero-order valence-electron chi connectivity index (χ0n) is 19.5. The number of hydrogen-bond acceptors (Lipinski definition) is 5. The van der Waals surface area contributed by atoms with Gasteiger partial charge in [0.1, 0.15) is 16.4 Å². The van der Waals surface area contributed by atoms with E-state index < -0.39 is 15.4 Å². The van der Waals surface area contributed by atoms with Crippen LogP contribution in [0.4, 0.5) is 0 Å². The second-order valence-corrected chi connectivity index (χ2v) is 11.2. The molecule has 2 aliphatic rings. The van der Waals surface area contributed by atoms with Gasteiger partial charge in [-0.1, -0.05) is 12.1 Å². The van der Waals surface area contributed by atoms with Crippen LogP contribution in [0.1, 0.15) is 42.7 Å². The number of benzene rings is 2. The van der Waals surface area contributed by atoms with Crippen LogP contribution >= 0.6 is 0 Å². The Hall–Kier alpha value is -3.26. The molecular weight excluding hydrogens is 452 g/mol. The van der Waals surface area contributed by atoms with Gasteiger partial charge < -0.3 is 18.9 Å². The molecule has 1 aromatic heterocycles. The molecule has 0 saturated carbocycles. The summed E-state index contributed by atoms with van der Waals surface area (Å²) in [5, 5.41) is 0. The Labute approximate surface area is 199 Å². The molecule has 3 aromatic rings. The fourth-order valence-corrected chi connectivity index (χ4v) is 5.68. The number of hydrogen-bond donors (Lipinski definition) is 0. The fourth-order valence-electron chi connectivity index (χ4n) is 4.86. The van der Waals surface area contributed by atoms with Gasteiger partial charge in [-0.15, -0.1) is 0 Å². The Morgan fingerprint density at radius 3 is 2.50 bits per heavy atom. The van der Waals surface area contributed by atoms with Gasteiger partial charge in [0.05, 0.1) is 17.5 Å². The van der Waals surface area contributed by atoms with Crippen molar-refractivity contribution >= 4 is 15.7 Å². The molecule has 1 amide bonds. The summed E-state index contributed by atoms with van der Waals surface area (Å²) in [5.41, 5.74) is 1.95. The van der Waals surface area contributed by atoms with E-state index in [1.807, 2.05) is 50.4 Å². The summed E-state index contributed by atoms with van der Waals surface area (Å²) in [7, 11) is -3.56. The van der Waals surface area contributed by atoms with E-state index in [0.29, 0.717) is 31.5 Å². The first-order chi connectivity index (χ1) is 16.2. The molecule has 178 valence electrons. The van der Waals surface area contributed by atoms with E-state index in [1.165, 1.54) is 6.07 Å². The van der Waals surface area contributed by atoms with Crippen LogP contribution in [0.15, 0.2) is 65.7 Å². The Bertz CT molecular complexity index is 1350. The number of likely N-dealkylation sites (tertiary alicyclic amines) is 1. The largest absolute Gasteiger partial charge is 0.490 e. The van der Waals surface area contributed by atoms with Crippen molar-refractivity contribution in [3.63, 3.8) is 0 Å². The first-order valence-corrected chi connectivity index (χ1v) is 13.3. The van der Waals surface area contributed by atoms with E-state index in [4.69, 9.17) is 9.47 Å². The Kier molecular flexibility index (Phi) is 5.43. The van der Waals surface area contributed by atoms with E-state index >= 15 is 0 Å². The summed E-state index contributed by atoms with van der Waals surface area (Å²) in [4.78, 5) is 15.1. The minimum atomic E-state index is -3.56. The highest BCUT2D eigenvalue weighted by Crippen LogP contribution is 2.45. The van der Waals surface area contributed by atoms with Crippen LogP contribution in [0.5, 0.6) is 11.5 Å². The Morgan fingerprint density at radius 1 is 1.06 bits per heavy atom. The zero-order chi connectivity index (χ0) is 24.1. The molecule has 0 N–H and O–H groups in total. The monoisotopic (exact) mass is 480 g/mol. The second-order valence-electron chi connectivity index (χ2n) is 9.22. The summed E-state index contributed by atoms with van der Waals surface area (Å²) in [5.74, 6) is 0.911. The predicted molar refractivity (Wildman–Crippen MR) is 129 cm³/mol.